The topological polar surface area (TPSA) is 69.3 Å². The Morgan fingerprint density at radius 3 is 2.63 bits per heavy atom. The molecule has 0 spiro atoms. The molecule has 1 unspecified atom stereocenters. The van der Waals surface area contributed by atoms with Gasteiger partial charge in [-0.05, 0) is 51.3 Å². The molecule has 1 aliphatic heterocycles. The van der Waals surface area contributed by atoms with Crippen LogP contribution in [0.2, 0.25) is 0 Å². The van der Waals surface area contributed by atoms with Crippen LogP contribution in [0.1, 0.15) is 35.9 Å². The Balaban J connectivity index is 1.62. The molecule has 0 bridgehead atoms. The lowest BCUT2D eigenvalue weighted by Crippen LogP contribution is -2.54. The number of hydrogen-bond donors (Lipinski definition) is 1. The fourth-order valence-corrected chi connectivity index (χ4v) is 3.96. The van der Waals surface area contributed by atoms with E-state index in [1.807, 2.05) is 18.7 Å². The van der Waals surface area contributed by atoms with Crippen LogP contribution in [0.15, 0.2) is 29.1 Å². The third kappa shape index (κ3) is 4.21. The lowest BCUT2D eigenvalue weighted by atomic mass is 10.0. The summed E-state index contributed by atoms with van der Waals surface area (Å²) in [7, 11) is 0. The van der Waals surface area contributed by atoms with Gasteiger partial charge in [0.25, 0.3) is 0 Å². The summed E-state index contributed by atoms with van der Waals surface area (Å²) >= 11 is 0. The maximum atomic E-state index is 12.8. The first-order valence-electron chi connectivity index (χ1n) is 9.53. The van der Waals surface area contributed by atoms with Gasteiger partial charge in [0, 0.05) is 49.2 Å². The molecule has 144 valence electrons. The van der Waals surface area contributed by atoms with Crippen LogP contribution in [-0.2, 0) is 11.2 Å². The summed E-state index contributed by atoms with van der Waals surface area (Å²) in [5.41, 5.74) is 4.66. The number of benzene rings is 1. The molecule has 1 aromatic carbocycles. The lowest BCUT2D eigenvalue weighted by molar-refractivity contribution is -0.133. The van der Waals surface area contributed by atoms with E-state index in [0.717, 1.165) is 30.9 Å². The molecule has 1 N–H and O–H groups in total. The van der Waals surface area contributed by atoms with Crippen LogP contribution in [0.3, 0.4) is 0 Å². The van der Waals surface area contributed by atoms with Crippen LogP contribution < -0.4 is 10.6 Å². The van der Waals surface area contributed by atoms with Gasteiger partial charge in [-0.3, -0.25) is 4.79 Å². The SMILES string of the molecule is Cc1ccccc1N1CCN(C(=O)CCc2c(C)nc(=O)[nH]c2C)C(C)C1. The fourth-order valence-electron chi connectivity index (χ4n) is 3.96. The van der Waals surface area contributed by atoms with Gasteiger partial charge < -0.3 is 14.8 Å². The Morgan fingerprint density at radius 1 is 1.22 bits per heavy atom. The first-order chi connectivity index (χ1) is 12.9. The quantitative estimate of drug-likeness (QED) is 0.899. The Hall–Kier alpha value is -2.63. The molecule has 1 saturated heterocycles. The monoisotopic (exact) mass is 368 g/mol. The van der Waals surface area contributed by atoms with E-state index < -0.39 is 0 Å². The highest BCUT2D eigenvalue weighted by molar-refractivity contribution is 5.77. The van der Waals surface area contributed by atoms with Crippen molar-refractivity contribution in [1.82, 2.24) is 14.9 Å². The molecule has 1 aliphatic rings. The highest BCUT2D eigenvalue weighted by Crippen LogP contribution is 2.23. The van der Waals surface area contributed by atoms with Crippen molar-refractivity contribution in [2.24, 2.45) is 0 Å². The molecule has 27 heavy (non-hydrogen) atoms. The number of rotatable bonds is 4. The number of aryl methyl sites for hydroxylation is 3. The average Bonchev–Trinajstić information content (AvgIpc) is 2.61. The van der Waals surface area contributed by atoms with Crippen LogP contribution in [0.25, 0.3) is 0 Å². The molecule has 6 heteroatoms. The zero-order valence-corrected chi connectivity index (χ0v) is 16.6. The van der Waals surface area contributed by atoms with Crippen molar-refractivity contribution < 1.29 is 4.79 Å². The second-order valence-electron chi connectivity index (χ2n) is 7.40. The van der Waals surface area contributed by atoms with E-state index in [1.165, 1.54) is 11.3 Å². The van der Waals surface area contributed by atoms with E-state index in [9.17, 15) is 9.59 Å². The number of hydrogen-bond acceptors (Lipinski definition) is 4. The summed E-state index contributed by atoms with van der Waals surface area (Å²) in [5, 5.41) is 0. The number of carbonyl (C=O) groups is 1. The number of H-pyrrole nitrogens is 1. The fraction of sp³-hybridized carbons (Fsp3) is 0.476. The van der Waals surface area contributed by atoms with Crippen molar-refractivity contribution in [3.8, 4) is 0 Å². The van der Waals surface area contributed by atoms with Gasteiger partial charge in [0.1, 0.15) is 0 Å². The van der Waals surface area contributed by atoms with E-state index in [2.05, 4.69) is 53.0 Å². The molecule has 0 saturated carbocycles. The van der Waals surface area contributed by atoms with Gasteiger partial charge in [0.05, 0.1) is 0 Å². The van der Waals surface area contributed by atoms with E-state index in [0.29, 0.717) is 18.5 Å². The minimum absolute atomic E-state index is 0.164. The second-order valence-corrected chi connectivity index (χ2v) is 7.40. The van der Waals surface area contributed by atoms with Gasteiger partial charge in [-0.15, -0.1) is 0 Å². The zero-order chi connectivity index (χ0) is 19.6. The highest BCUT2D eigenvalue weighted by Gasteiger charge is 2.27. The van der Waals surface area contributed by atoms with Gasteiger partial charge in [-0.25, -0.2) is 4.79 Å². The van der Waals surface area contributed by atoms with Crippen LogP contribution >= 0.6 is 0 Å². The Kier molecular flexibility index (Phi) is 5.63. The van der Waals surface area contributed by atoms with E-state index in [1.54, 1.807) is 0 Å². The lowest BCUT2D eigenvalue weighted by Gasteiger charge is -2.41. The van der Waals surface area contributed by atoms with Crippen molar-refractivity contribution in [3.63, 3.8) is 0 Å². The number of piperazine rings is 1. The van der Waals surface area contributed by atoms with Crippen molar-refractivity contribution in [3.05, 3.63) is 57.3 Å². The molecular weight excluding hydrogens is 340 g/mol. The van der Waals surface area contributed by atoms with Crippen molar-refractivity contribution in [2.75, 3.05) is 24.5 Å². The molecular formula is C21H28N4O2. The normalized spacial score (nSPS) is 17.3. The third-order valence-corrected chi connectivity index (χ3v) is 5.45. The first kappa shape index (κ1) is 19.1. The minimum Gasteiger partial charge on any atom is -0.367 e. The number of anilines is 1. The molecule has 2 aromatic rings. The van der Waals surface area contributed by atoms with Gasteiger partial charge >= 0.3 is 5.69 Å². The first-order valence-corrected chi connectivity index (χ1v) is 9.53. The summed E-state index contributed by atoms with van der Waals surface area (Å²) in [6, 6.07) is 8.56. The summed E-state index contributed by atoms with van der Waals surface area (Å²) < 4.78 is 0. The van der Waals surface area contributed by atoms with Crippen LogP contribution in [0.4, 0.5) is 5.69 Å². The molecule has 0 radical (unpaired) electrons. The third-order valence-electron chi connectivity index (χ3n) is 5.45. The number of aromatic amines is 1. The van der Waals surface area contributed by atoms with Crippen LogP contribution in [0, 0.1) is 20.8 Å². The minimum atomic E-state index is -0.332. The van der Waals surface area contributed by atoms with Crippen molar-refractivity contribution >= 4 is 11.6 Å². The van der Waals surface area contributed by atoms with Crippen LogP contribution in [-0.4, -0.2) is 46.5 Å². The predicted octanol–water partition coefficient (Wildman–Crippen LogP) is 2.37. The summed E-state index contributed by atoms with van der Waals surface area (Å²) in [5.74, 6) is 0.164. The maximum absolute atomic E-state index is 12.8. The Labute approximate surface area is 160 Å². The standard InChI is InChI=1S/C21H28N4O2/c1-14-7-5-6-8-19(14)24-11-12-25(15(2)13-24)20(26)10-9-18-16(3)22-21(27)23-17(18)4/h5-8,15H,9-13H2,1-4H3,(H,22,23,27). The number of para-hydroxylation sites is 1. The largest absolute Gasteiger partial charge is 0.367 e. The zero-order valence-electron chi connectivity index (χ0n) is 16.6. The summed E-state index contributed by atoms with van der Waals surface area (Å²) in [6.45, 7) is 10.3. The smallest absolute Gasteiger partial charge is 0.345 e. The molecule has 1 aromatic heterocycles. The molecule has 3 rings (SSSR count). The highest BCUT2D eigenvalue weighted by atomic mass is 16.2. The molecule has 1 amide bonds. The second kappa shape index (κ2) is 7.94. The molecule has 2 heterocycles. The molecule has 0 aliphatic carbocycles. The van der Waals surface area contributed by atoms with Gasteiger partial charge in [-0.2, -0.15) is 4.98 Å². The van der Waals surface area contributed by atoms with E-state index in [4.69, 9.17) is 0 Å². The van der Waals surface area contributed by atoms with E-state index >= 15 is 0 Å². The average molecular weight is 368 g/mol. The maximum Gasteiger partial charge on any atom is 0.345 e. The van der Waals surface area contributed by atoms with Gasteiger partial charge in [-0.1, -0.05) is 18.2 Å². The molecule has 1 atom stereocenters. The molecule has 6 nitrogen and oxygen atoms in total. The number of nitrogens with one attached hydrogen (secondary N) is 1. The Bertz CT molecular complexity index is 864. The number of amides is 1. The Morgan fingerprint density at radius 2 is 1.96 bits per heavy atom. The summed E-state index contributed by atoms with van der Waals surface area (Å²) in [6.07, 6.45) is 1.04. The number of nitrogens with zero attached hydrogens (tertiary/aromatic N) is 3. The summed E-state index contributed by atoms with van der Waals surface area (Å²) in [4.78, 5) is 35.2. The van der Waals surface area contributed by atoms with Crippen molar-refractivity contribution in [2.45, 2.75) is 46.6 Å². The van der Waals surface area contributed by atoms with Crippen LogP contribution in [0.5, 0.6) is 0 Å². The molecule has 1 fully saturated rings. The number of carbonyl (C=O) groups excluding carboxylic acids is 1. The van der Waals surface area contributed by atoms with Gasteiger partial charge in [0.15, 0.2) is 0 Å². The van der Waals surface area contributed by atoms with Crippen molar-refractivity contribution in [1.29, 1.82) is 0 Å². The number of aromatic nitrogens is 2. The van der Waals surface area contributed by atoms with E-state index in [-0.39, 0.29) is 17.6 Å². The van der Waals surface area contributed by atoms with Gasteiger partial charge in [0.2, 0.25) is 5.91 Å². The predicted molar refractivity (Wildman–Crippen MR) is 107 cm³/mol.